The van der Waals surface area contributed by atoms with Gasteiger partial charge in [0, 0.05) is 37.7 Å². The van der Waals surface area contributed by atoms with E-state index in [1.807, 2.05) is 0 Å². The summed E-state index contributed by atoms with van der Waals surface area (Å²) in [6.07, 6.45) is -2.04. The zero-order valence-corrected chi connectivity index (χ0v) is 28.5. The van der Waals surface area contributed by atoms with Crippen molar-refractivity contribution in [3.05, 3.63) is 40.4 Å². The molecule has 15 nitrogen and oxygen atoms in total. The average molecular weight is 664 g/mol. The van der Waals surface area contributed by atoms with Crippen molar-refractivity contribution in [2.24, 2.45) is 5.41 Å². The molecule has 0 spiro atoms. The minimum atomic E-state index is -1.77. The fourth-order valence-electron chi connectivity index (χ4n) is 4.79. The first-order valence-electron chi connectivity index (χ1n) is 14.4. The molecule has 1 aromatic carbocycles. The minimum absolute atomic E-state index is 0.178. The summed E-state index contributed by atoms with van der Waals surface area (Å²) in [5.74, 6) is -3.25. The van der Waals surface area contributed by atoms with Crippen LogP contribution >= 0.6 is 11.3 Å². The second-order valence-corrected chi connectivity index (χ2v) is 13.9. The van der Waals surface area contributed by atoms with Crippen molar-refractivity contribution >= 4 is 52.1 Å². The van der Waals surface area contributed by atoms with Crippen LogP contribution in [0.3, 0.4) is 0 Å². The van der Waals surface area contributed by atoms with Crippen molar-refractivity contribution in [3.63, 3.8) is 0 Å². The number of aliphatic hydroxyl groups is 1. The first-order chi connectivity index (χ1) is 21.1. The van der Waals surface area contributed by atoms with E-state index in [0.717, 1.165) is 21.8 Å². The summed E-state index contributed by atoms with van der Waals surface area (Å²) in [5, 5.41) is 40.5. The van der Waals surface area contributed by atoms with E-state index in [-0.39, 0.29) is 22.3 Å². The summed E-state index contributed by atoms with van der Waals surface area (Å²) in [7, 11) is 3.01. The standard InChI is InChI=1S/C30H45N7O8S/c1-17(39)31-25-33-20(22(46-25)23(40)32-21(16-38)24(41)36(8)9)15-12-18-10-13-19(14-11-18)34-30(28(2,3)4,35-26(42)43)37(27(44)45)29(5,6)7/h10-11,13-14,21,34-35,38H,12,15-16H2,1-9H3,(H,32,40)(H,42,43)(H,44,45)(H,31,33,39)/t21?,30-/m0/s1. The molecule has 0 aliphatic heterocycles. The number of thiazole rings is 1. The van der Waals surface area contributed by atoms with E-state index >= 15 is 0 Å². The Kier molecular flexibility index (Phi) is 12.1. The van der Waals surface area contributed by atoms with Crippen molar-refractivity contribution in [1.29, 1.82) is 0 Å². The van der Waals surface area contributed by atoms with Gasteiger partial charge in [0.2, 0.25) is 17.6 Å². The monoisotopic (exact) mass is 663 g/mol. The van der Waals surface area contributed by atoms with Crippen molar-refractivity contribution in [2.75, 3.05) is 31.3 Å². The van der Waals surface area contributed by atoms with Crippen LogP contribution in [0.1, 0.15) is 69.4 Å². The van der Waals surface area contributed by atoms with Crippen molar-refractivity contribution in [2.45, 2.75) is 78.7 Å². The molecule has 1 heterocycles. The fraction of sp³-hybridized carbons (Fsp3) is 0.533. The molecule has 1 aromatic heterocycles. The number of aromatic nitrogens is 1. The molecule has 1 unspecified atom stereocenters. The summed E-state index contributed by atoms with van der Waals surface area (Å²) < 4.78 is 0. The number of rotatable bonds is 12. The van der Waals surface area contributed by atoms with Gasteiger partial charge in [0.25, 0.3) is 5.91 Å². The molecular weight excluding hydrogens is 618 g/mol. The number of carbonyl (C=O) groups excluding carboxylic acids is 3. The van der Waals surface area contributed by atoms with Gasteiger partial charge in [0.05, 0.1) is 12.3 Å². The smallest absolute Gasteiger partial charge is 0.411 e. The first-order valence-corrected chi connectivity index (χ1v) is 15.3. The number of hydrogen-bond donors (Lipinski definition) is 7. The van der Waals surface area contributed by atoms with Crippen LogP contribution in [0.2, 0.25) is 0 Å². The molecule has 0 radical (unpaired) electrons. The summed E-state index contributed by atoms with van der Waals surface area (Å²) in [6, 6.07) is 5.78. The van der Waals surface area contributed by atoms with E-state index in [1.54, 1.807) is 65.8 Å². The molecule has 2 aromatic rings. The van der Waals surface area contributed by atoms with Gasteiger partial charge in [-0.2, -0.15) is 0 Å². The Morgan fingerprint density at radius 2 is 1.54 bits per heavy atom. The second kappa shape index (κ2) is 14.8. The highest BCUT2D eigenvalue weighted by atomic mass is 32.1. The third-order valence-corrected chi connectivity index (χ3v) is 7.93. The maximum absolute atomic E-state index is 13.1. The molecule has 7 N–H and O–H groups in total. The minimum Gasteiger partial charge on any atom is -0.465 e. The highest BCUT2D eigenvalue weighted by Gasteiger charge is 2.54. The molecule has 0 saturated carbocycles. The maximum Gasteiger partial charge on any atom is 0.411 e. The van der Waals surface area contributed by atoms with Crippen LogP contribution in [-0.2, 0) is 22.4 Å². The van der Waals surface area contributed by atoms with Gasteiger partial charge in [0.1, 0.15) is 10.9 Å². The predicted molar refractivity (Wildman–Crippen MR) is 174 cm³/mol. The Bertz CT molecular complexity index is 1430. The van der Waals surface area contributed by atoms with Gasteiger partial charge >= 0.3 is 12.2 Å². The van der Waals surface area contributed by atoms with E-state index in [4.69, 9.17) is 0 Å². The zero-order chi connectivity index (χ0) is 35.2. The van der Waals surface area contributed by atoms with Gasteiger partial charge in [-0.1, -0.05) is 44.2 Å². The highest BCUT2D eigenvalue weighted by molar-refractivity contribution is 7.17. The summed E-state index contributed by atoms with van der Waals surface area (Å²) in [5.41, 5.74) is -0.318. The van der Waals surface area contributed by atoms with Gasteiger partial charge in [-0.25, -0.2) is 14.6 Å². The van der Waals surface area contributed by atoms with E-state index < -0.39 is 53.4 Å². The molecule has 0 saturated heterocycles. The number of benzene rings is 1. The van der Waals surface area contributed by atoms with Crippen molar-refractivity contribution < 1.29 is 39.3 Å². The third kappa shape index (κ3) is 9.29. The number of anilines is 2. The Morgan fingerprint density at radius 1 is 0.957 bits per heavy atom. The average Bonchev–Trinajstić information content (AvgIpc) is 3.30. The van der Waals surface area contributed by atoms with E-state index in [1.165, 1.54) is 25.9 Å². The SMILES string of the molecule is CC(=O)Nc1nc(CCc2ccc(N[C@@](NC(=O)O)(N(C(=O)O)C(C)(C)C)C(C)(C)C)cc2)c(C(=O)NC(CO)C(=O)N(C)C)s1. The Morgan fingerprint density at radius 3 is 1.98 bits per heavy atom. The first kappa shape index (κ1) is 37.7. The number of nitrogens with zero attached hydrogens (tertiary/aromatic N) is 3. The lowest BCUT2D eigenvalue weighted by molar-refractivity contribution is -0.131. The van der Waals surface area contributed by atoms with Gasteiger partial charge in [-0.15, -0.1) is 0 Å². The van der Waals surface area contributed by atoms with Crippen LogP contribution < -0.4 is 21.3 Å². The Labute approximate surface area is 272 Å². The largest absolute Gasteiger partial charge is 0.465 e. The lowest BCUT2D eigenvalue weighted by Gasteiger charge is -2.55. The van der Waals surface area contributed by atoms with Crippen molar-refractivity contribution in [1.82, 2.24) is 25.4 Å². The molecule has 16 heteroatoms. The molecule has 254 valence electrons. The summed E-state index contributed by atoms with van der Waals surface area (Å²) in [6.45, 7) is 10.9. The highest BCUT2D eigenvalue weighted by Crippen LogP contribution is 2.39. The molecule has 2 atom stereocenters. The number of aliphatic hydroxyl groups excluding tert-OH is 1. The number of carboxylic acid groups (broad SMARTS) is 2. The van der Waals surface area contributed by atoms with Crippen LogP contribution in [0.5, 0.6) is 0 Å². The molecule has 5 amide bonds. The van der Waals surface area contributed by atoms with Crippen LogP contribution in [0.25, 0.3) is 0 Å². The molecule has 0 fully saturated rings. The third-order valence-electron chi connectivity index (χ3n) is 6.91. The van der Waals surface area contributed by atoms with Gasteiger partial charge in [-0.05, 0) is 51.3 Å². The van der Waals surface area contributed by atoms with E-state index in [9.17, 15) is 39.3 Å². The number of hydrogen-bond acceptors (Lipinski definition) is 9. The van der Waals surface area contributed by atoms with Gasteiger partial charge in [-0.3, -0.25) is 24.6 Å². The number of likely N-dealkylation sites (N-methyl/N-ethyl adjacent to an activating group) is 1. The zero-order valence-electron chi connectivity index (χ0n) is 27.6. The molecule has 2 rings (SSSR count). The van der Waals surface area contributed by atoms with Gasteiger partial charge in [0.15, 0.2) is 5.13 Å². The molecule has 0 aliphatic rings. The van der Waals surface area contributed by atoms with E-state index in [2.05, 4.69) is 26.3 Å². The lowest BCUT2D eigenvalue weighted by atomic mass is 9.82. The molecular formula is C30H45N7O8S. The number of amides is 5. The summed E-state index contributed by atoms with van der Waals surface area (Å²) in [4.78, 5) is 68.5. The molecule has 46 heavy (non-hydrogen) atoms. The fourth-order valence-corrected chi connectivity index (χ4v) is 5.75. The van der Waals surface area contributed by atoms with Gasteiger partial charge < -0.3 is 36.2 Å². The molecule has 0 bridgehead atoms. The topological polar surface area (TPSA) is 214 Å². The van der Waals surface area contributed by atoms with Crippen LogP contribution in [0, 0.1) is 5.41 Å². The number of nitrogens with one attached hydrogen (secondary N) is 4. The number of aryl methyl sites for hydroxylation is 2. The Balaban J connectivity index is 2.39. The van der Waals surface area contributed by atoms with Crippen LogP contribution in [-0.4, -0.2) is 98.1 Å². The Hall–Kier alpha value is -4.44. The van der Waals surface area contributed by atoms with Crippen LogP contribution in [0.15, 0.2) is 24.3 Å². The van der Waals surface area contributed by atoms with Crippen LogP contribution in [0.4, 0.5) is 20.4 Å². The summed E-state index contributed by atoms with van der Waals surface area (Å²) >= 11 is 0.947. The predicted octanol–water partition coefficient (Wildman–Crippen LogP) is 3.22. The second-order valence-electron chi connectivity index (χ2n) is 12.9. The lowest BCUT2D eigenvalue weighted by Crippen LogP contribution is -2.76. The quantitative estimate of drug-likeness (QED) is 0.165. The molecule has 0 aliphatic carbocycles. The number of carbonyl (C=O) groups is 5. The normalized spacial score (nSPS) is 13.5. The van der Waals surface area contributed by atoms with Crippen molar-refractivity contribution in [3.8, 4) is 0 Å². The van der Waals surface area contributed by atoms with E-state index in [0.29, 0.717) is 17.8 Å². The maximum atomic E-state index is 13.1.